The molecule has 0 spiro atoms. The van der Waals surface area contributed by atoms with Gasteiger partial charge in [0, 0.05) is 42.4 Å². The van der Waals surface area contributed by atoms with Gasteiger partial charge in [-0.1, -0.05) is 41.5 Å². The number of nitro groups is 4. The number of aromatic nitrogens is 1. The average molecular weight is 858 g/mol. The lowest BCUT2D eigenvalue weighted by Gasteiger charge is -2.07. The average Bonchev–Trinajstić information content (AvgIpc) is 3.69. The molecule has 0 radical (unpaired) electrons. The van der Waals surface area contributed by atoms with Crippen LogP contribution in [-0.4, -0.2) is 81.4 Å². The van der Waals surface area contributed by atoms with Gasteiger partial charge >= 0.3 is 17.9 Å². The molecule has 0 atom stereocenters. The van der Waals surface area contributed by atoms with E-state index in [1.807, 2.05) is 47.6 Å². The molecule has 0 bridgehead atoms. The predicted molar refractivity (Wildman–Crippen MR) is 232 cm³/mol. The van der Waals surface area contributed by atoms with Crippen LogP contribution in [0.2, 0.25) is 0 Å². The summed E-state index contributed by atoms with van der Waals surface area (Å²) in [5, 5.41) is 44.5. The summed E-state index contributed by atoms with van der Waals surface area (Å²) < 4.78 is 14.3. The first kappa shape index (κ1) is 55.6. The van der Waals surface area contributed by atoms with Gasteiger partial charge in [-0.3, -0.25) is 40.5 Å². The first-order valence-electron chi connectivity index (χ1n) is 19.0. The van der Waals surface area contributed by atoms with Gasteiger partial charge in [-0.05, 0) is 70.3 Å². The Balaban J connectivity index is 0. The summed E-state index contributed by atoms with van der Waals surface area (Å²) in [4.78, 5) is 79.9. The molecule has 1 heterocycles. The van der Waals surface area contributed by atoms with Crippen molar-refractivity contribution in [2.24, 2.45) is 0 Å². The summed E-state index contributed by atoms with van der Waals surface area (Å²) in [5.41, 5.74) is 4.99. The molecule has 21 nitrogen and oxygen atoms in total. The molecule has 0 aliphatic carbocycles. The van der Waals surface area contributed by atoms with Gasteiger partial charge in [-0.25, -0.2) is 14.4 Å². The smallest absolute Gasteiger partial charge is 0.345 e. The van der Waals surface area contributed by atoms with Gasteiger partial charge in [0.25, 0.3) is 22.7 Å². The summed E-state index contributed by atoms with van der Waals surface area (Å²) in [5.74, 6) is -2.15. The predicted octanol–water partition coefficient (Wildman–Crippen LogP) is 9.21. The van der Waals surface area contributed by atoms with E-state index in [9.17, 15) is 54.8 Å². The molecule has 0 amide bonds. The number of H-pyrrole nitrogens is 1. The monoisotopic (exact) mass is 857 g/mol. The molecule has 3 N–H and O–H groups in total. The second kappa shape index (κ2) is 28.9. The van der Waals surface area contributed by atoms with Crippen molar-refractivity contribution >= 4 is 63.3 Å². The topological polar surface area (TPSA) is 297 Å². The number of hydrogen-bond donors (Lipinski definition) is 2. The summed E-state index contributed by atoms with van der Waals surface area (Å²) >= 11 is 0. The quantitative estimate of drug-likeness (QED) is 0.0441. The van der Waals surface area contributed by atoms with Gasteiger partial charge in [0.2, 0.25) is 0 Å². The number of esters is 3. The van der Waals surface area contributed by atoms with Crippen LogP contribution in [-0.2, 0) is 14.2 Å². The molecule has 4 aromatic rings. The van der Waals surface area contributed by atoms with Gasteiger partial charge in [0.05, 0.1) is 62.8 Å². The van der Waals surface area contributed by atoms with E-state index in [2.05, 4.69) is 9.72 Å². The number of aromatic amines is 1. The Labute approximate surface area is 353 Å². The fourth-order valence-electron chi connectivity index (χ4n) is 4.55. The van der Waals surface area contributed by atoms with E-state index in [1.165, 1.54) is 19.2 Å². The number of benzene rings is 3. The largest absolute Gasteiger partial charge is 0.462 e. The second-order valence-electron chi connectivity index (χ2n) is 11.1. The fraction of sp³-hybridized carbons (Fsp3) is 0.375. The number of nitrogens with two attached hydrogens (primary N) is 1. The van der Waals surface area contributed by atoms with Crippen molar-refractivity contribution in [1.82, 2.24) is 9.88 Å². The number of anilines is 1. The van der Waals surface area contributed by atoms with E-state index in [1.54, 1.807) is 58.1 Å². The van der Waals surface area contributed by atoms with E-state index in [0.717, 1.165) is 35.2 Å². The lowest BCUT2D eigenvalue weighted by Crippen LogP contribution is -2.09. The molecule has 0 aliphatic heterocycles. The lowest BCUT2D eigenvalue weighted by atomic mass is 10.1. The van der Waals surface area contributed by atoms with Gasteiger partial charge < -0.3 is 29.8 Å². The minimum absolute atomic E-state index is 0.0375. The minimum Gasteiger partial charge on any atom is -0.462 e. The molecule has 0 aliphatic rings. The van der Waals surface area contributed by atoms with Crippen molar-refractivity contribution in [3.63, 3.8) is 0 Å². The number of rotatable bonds is 12. The number of hydrogen-bond acceptors (Lipinski definition) is 16. The molecule has 1 aromatic heterocycles. The SMILES string of the molecule is CC.CC.CC.CCOC(=O)c1cc(/C=C/N(C)C)c([N+](=O)[O-])cc1[N+](=O)[O-].CCOC(=O)c1cc(C)c([N+](=O)[O-])cc1[N+](=O)[O-].CCOC(=O)c1cc2cc[nH]c2cc1N. The van der Waals surface area contributed by atoms with E-state index < -0.39 is 54.4 Å². The Morgan fingerprint density at radius 2 is 1.05 bits per heavy atom. The van der Waals surface area contributed by atoms with Crippen molar-refractivity contribution in [3.8, 4) is 0 Å². The first-order chi connectivity index (χ1) is 28.9. The van der Waals surface area contributed by atoms with E-state index in [4.69, 9.17) is 15.2 Å². The van der Waals surface area contributed by atoms with Crippen molar-refractivity contribution in [2.45, 2.75) is 69.2 Å². The fourth-order valence-corrected chi connectivity index (χ4v) is 4.55. The number of ether oxygens (including phenoxy) is 3. The number of carbonyl (C=O) groups excluding carboxylic acids is 3. The highest BCUT2D eigenvalue weighted by atomic mass is 16.6. The molecule has 3 aromatic carbocycles. The van der Waals surface area contributed by atoms with Gasteiger partial charge in [0.15, 0.2) is 0 Å². The van der Waals surface area contributed by atoms with Gasteiger partial charge in [-0.15, -0.1) is 0 Å². The van der Waals surface area contributed by atoms with Crippen LogP contribution < -0.4 is 5.73 Å². The third-order valence-corrected chi connectivity index (χ3v) is 7.01. The van der Waals surface area contributed by atoms with E-state index >= 15 is 0 Å². The Hall–Kier alpha value is -7.45. The highest BCUT2D eigenvalue weighted by molar-refractivity contribution is 6.00. The molecule has 61 heavy (non-hydrogen) atoms. The summed E-state index contributed by atoms with van der Waals surface area (Å²) in [7, 11) is 3.42. The number of fused-ring (bicyclic) bond motifs is 1. The Morgan fingerprint density at radius 1 is 0.639 bits per heavy atom. The molecular weight excluding hydrogens is 802 g/mol. The number of nitro benzene ring substituents is 4. The van der Waals surface area contributed by atoms with Crippen LogP contribution in [0.5, 0.6) is 0 Å². The molecular formula is C40H55N7O14. The Morgan fingerprint density at radius 3 is 1.46 bits per heavy atom. The summed E-state index contributed by atoms with van der Waals surface area (Å²) in [6.07, 6.45) is 4.73. The first-order valence-corrected chi connectivity index (χ1v) is 19.0. The van der Waals surface area contributed by atoms with Gasteiger partial charge in [0.1, 0.15) is 11.1 Å². The van der Waals surface area contributed by atoms with E-state index in [-0.39, 0.29) is 41.4 Å². The number of aryl methyl sites for hydroxylation is 1. The zero-order valence-corrected chi connectivity index (χ0v) is 36.4. The normalized spacial score (nSPS) is 9.57. The maximum Gasteiger partial charge on any atom is 0.345 e. The molecule has 0 saturated carbocycles. The summed E-state index contributed by atoms with van der Waals surface area (Å²) in [6.45, 7) is 18.7. The standard InChI is InChI=1S/C13H15N3O6.C11H12N2O2.C10H10N2O6.3C2H6/c1-4-22-13(17)10-7-9(5-6-14(2)3)11(15(18)19)8-12(10)16(20)21;1-2-15-11(14)8-5-7-3-4-13-10(7)6-9(8)12;1-3-18-10(13)7-4-6(2)8(11(14)15)5-9(7)12(16)17;3*1-2/h5-8H,4H2,1-3H3;3-6,13H,2,12H2,1H3;4-5H,3H2,1-2H3;3*1-2H3/b6-5+;;;;;. The molecule has 0 unspecified atom stereocenters. The Kier molecular flexibility index (Phi) is 26.3. The molecule has 334 valence electrons. The maximum atomic E-state index is 11.8. The van der Waals surface area contributed by atoms with Crippen molar-refractivity contribution in [2.75, 3.05) is 39.6 Å². The van der Waals surface area contributed by atoms with Gasteiger partial charge in [-0.2, -0.15) is 0 Å². The molecule has 0 fully saturated rings. The summed E-state index contributed by atoms with van der Waals surface area (Å²) in [6, 6.07) is 9.07. The maximum absolute atomic E-state index is 11.8. The third-order valence-electron chi connectivity index (χ3n) is 7.01. The van der Waals surface area contributed by atoms with Crippen LogP contribution in [0.4, 0.5) is 28.4 Å². The highest BCUT2D eigenvalue weighted by Gasteiger charge is 2.29. The third kappa shape index (κ3) is 17.1. The van der Waals surface area contributed by atoms with Crippen LogP contribution in [0.15, 0.2) is 54.9 Å². The zero-order chi connectivity index (χ0) is 47.6. The highest BCUT2D eigenvalue weighted by Crippen LogP contribution is 2.31. The lowest BCUT2D eigenvalue weighted by molar-refractivity contribution is -0.394. The number of nitrogens with one attached hydrogen (secondary N) is 1. The van der Waals surface area contributed by atoms with Crippen molar-refractivity contribution in [1.29, 1.82) is 0 Å². The molecule has 0 saturated heterocycles. The second-order valence-corrected chi connectivity index (χ2v) is 11.1. The van der Waals surface area contributed by atoms with Crippen molar-refractivity contribution < 1.29 is 48.3 Å². The van der Waals surface area contributed by atoms with Crippen molar-refractivity contribution in [3.05, 3.63) is 123 Å². The molecule has 4 rings (SSSR count). The van der Waals surface area contributed by atoms with Crippen LogP contribution >= 0.6 is 0 Å². The minimum atomic E-state index is -0.899. The number of nitrogens with zero attached hydrogens (tertiary/aromatic N) is 5. The molecule has 21 heteroatoms. The van der Waals surface area contributed by atoms with E-state index in [0.29, 0.717) is 17.9 Å². The van der Waals surface area contributed by atoms with Crippen LogP contribution in [0.1, 0.15) is 105 Å². The number of nitrogen functional groups attached to an aromatic ring is 1. The van der Waals surface area contributed by atoms with Crippen LogP contribution in [0.25, 0.3) is 17.0 Å². The number of carbonyl (C=O) groups is 3. The van der Waals surface area contributed by atoms with Crippen LogP contribution in [0, 0.1) is 47.4 Å². The zero-order valence-electron chi connectivity index (χ0n) is 36.4. The Bertz CT molecular complexity index is 2150. The van der Waals surface area contributed by atoms with Crippen LogP contribution in [0.3, 0.4) is 0 Å².